The predicted molar refractivity (Wildman–Crippen MR) is 73.9 cm³/mol. The van der Waals surface area contributed by atoms with Crippen molar-refractivity contribution in [1.29, 1.82) is 0 Å². The van der Waals surface area contributed by atoms with Crippen molar-refractivity contribution in [2.75, 3.05) is 25.1 Å². The third-order valence-corrected chi connectivity index (χ3v) is 2.48. The number of hydrogen-bond acceptors (Lipinski definition) is 2. The van der Waals surface area contributed by atoms with Crippen LogP contribution in [0.4, 0.5) is 10.5 Å². The molecule has 1 aromatic carbocycles. The number of anilines is 1. The van der Waals surface area contributed by atoms with Gasteiger partial charge in [0.1, 0.15) is 0 Å². The minimum absolute atomic E-state index is 0.196. The fourth-order valence-electron chi connectivity index (χ4n) is 1.40. The molecule has 2 N–H and O–H groups in total. The van der Waals surface area contributed by atoms with Gasteiger partial charge in [-0.3, -0.25) is 0 Å². The number of hydrogen-bond donors (Lipinski definition) is 2. The van der Waals surface area contributed by atoms with Crippen molar-refractivity contribution in [3.63, 3.8) is 0 Å². The Hall–Kier alpha value is -1.55. The van der Waals surface area contributed by atoms with Crippen LogP contribution in [0, 0.1) is 6.92 Å². The molecule has 0 fully saturated rings. The van der Waals surface area contributed by atoms with Crippen molar-refractivity contribution in [2.24, 2.45) is 0 Å². The number of carbonyl (C=O) groups excluding carboxylic acids is 1. The van der Waals surface area contributed by atoms with E-state index < -0.39 is 0 Å². The van der Waals surface area contributed by atoms with Crippen LogP contribution < -0.4 is 10.6 Å². The molecule has 18 heavy (non-hydrogen) atoms. The number of amides is 2. The average molecular weight is 250 g/mol. The monoisotopic (exact) mass is 250 g/mol. The smallest absolute Gasteiger partial charge is 0.319 e. The van der Waals surface area contributed by atoms with Crippen LogP contribution in [0.15, 0.2) is 24.3 Å². The standard InChI is InChI=1S/C14H22N2O2/c1-3-4-10-18-11-9-15-14(17)16-13-7-5-12(2)6-8-13/h5-8H,3-4,9-11H2,1-2H3,(H2,15,16,17). The zero-order valence-corrected chi connectivity index (χ0v) is 11.2. The summed E-state index contributed by atoms with van der Waals surface area (Å²) in [4.78, 5) is 11.5. The maximum Gasteiger partial charge on any atom is 0.319 e. The number of aryl methyl sites for hydroxylation is 1. The van der Waals surface area contributed by atoms with Crippen LogP contribution in [0.5, 0.6) is 0 Å². The topological polar surface area (TPSA) is 50.4 Å². The summed E-state index contributed by atoms with van der Waals surface area (Å²) in [6.45, 7) is 5.98. The zero-order valence-electron chi connectivity index (χ0n) is 11.2. The lowest BCUT2D eigenvalue weighted by Crippen LogP contribution is -2.31. The van der Waals surface area contributed by atoms with Gasteiger partial charge >= 0.3 is 6.03 Å². The highest BCUT2D eigenvalue weighted by molar-refractivity contribution is 5.89. The molecule has 0 spiro atoms. The van der Waals surface area contributed by atoms with Crippen molar-refractivity contribution in [1.82, 2.24) is 5.32 Å². The van der Waals surface area contributed by atoms with Gasteiger partial charge in [-0.25, -0.2) is 4.79 Å². The molecule has 100 valence electrons. The van der Waals surface area contributed by atoms with E-state index in [0.717, 1.165) is 25.1 Å². The Labute approximate surface area is 109 Å². The molecule has 1 rings (SSSR count). The summed E-state index contributed by atoms with van der Waals surface area (Å²) in [7, 11) is 0. The van der Waals surface area contributed by atoms with Crippen LogP contribution in [0.25, 0.3) is 0 Å². The van der Waals surface area contributed by atoms with Crippen molar-refractivity contribution in [3.8, 4) is 0 Å². The Bertz CT molecular complexity index is 349. The Morgan fingerprint density at radius 3 is 2.61 bits per heavy atom. The van der Waals surface area contributed by atoms with E-state index in [1.807, 2.05) is 31.2 Å². The lowest BCUT2D eigenvalue weighted by Gasteiger charge is -2.08. The van der Waals surface area contributed by atoms with Crippen LogP contribution in [0.2, 0.25) is 0 Å². The number of carbonyl (C=O) groups is 1. The molecule has 0 aliphatic rings. The van der Waals surface area contributed by atoms with Crippen molar-refractivity contribution < 1.29 is 9.53 Å². The fraction of sp³-hybridized carbons (Fsp3) is 0.500. The molecule has 4 nitrogen and oxygen atoms in total. The summed E-state index contributed by atoms with van der Waals surface area (Å²) in [6, 6.07) is 7.49. The minimum Gasteiger partial charge on any atom is -0.380 e. The normalized spacial score (nSPS) is 10.1. The van der Waals surface area contributed by atoms with Gasteiger partial charge in [-0.2, -0.15) is 0 Å². The SMILES string of the molecule is CCCCOCCNC(=O)Nc1ccc(C)cc1. The molecule has 0 aliphatic carbocycles. The molecule has 0 saturated carbocycles. The number of urea groups is 1. The molecule has 0 aliphatic heterocycles. The molecule has 0 heterocycles. The Balaban J connectivity index is 2.12. The Kier molecular flexibility index (Phi) is 6.87. The van der Waals surface area contributed by atoms with Crippen LogP contribution in [-0.2, 0) is 4.74 Å². The second-order valence-corrected chi connectivity index (χ2v) is 4.21. The number of rotatable bonds is 7. The van der Waals surface area contributed by atoms with Crippen LogP contribution >= 0.6 is 0 Å². The van der Waals surface area contributed by atoms with Gasteiger partial charge in [0, 0.05) is 18.8 Å². The molecular weight excluding hydrogens is 228 g/mol. The summed E-state index contributed by atoms with van der Waals surface area (Å²) < 4.78 is 5.35. The van der Waals surface area contributed by atoms with Gasteiger partial charge in [-0.05, 0) is 25.5 Å². The van der Waals surface area contributed by atoms with E-state index in [0.29, 0.717) is 13.2 Å². The van der Waals surface area contributed by atoms with Gasteiger partial charge in [0.15, 0.2) is 0 Å². The highest BCUT2D eigenvalue weighted by Gasteiger charge is 2.00. The lowest BCUT2D eigenvalue weighted by molar-refractivity contribution is 0.134. The van der Waals surface area contributed by atoms with E-state index in [-0.39, 0.29) is 6.03 Å². The molecule has 0 saturated heterocycles. The van der Waals surface area contributed by atoms with E-state index >= 15 is 0 Å². The summed E-state index contributed by atoms with van der Waals surface area (Å²) in [5.74, 6) is 0. The maximum absolute atomic E-state index is 11.5. The molecule has 0 bridgehead atoms. The first-order valence-corrected chi connectivity index (χ1v) is 6.41. The first kappa shape index (κ1) is 14.5. The second-order valence-electron chi connectivity index (χ2n) is 4.21. The molecule has 0 radical (unpaired) electrons. The average Bonchev–Trinajstić information content (AvgIpc) is 2.36. The van der Waals surface area contributed by atoms with Crippen molar-refractivity contribution >= 4 is 11.7 Å². The largest absolute Gasteiger partial charge is 0.380 e. The van der Waals surface area contributed by atoms with Crippen molar-refractivity contribution in [2.45, 2.75) is 26.7 Å². The third-order valence-electron chi connectivity index (χ3n) is 2.48. The highest BCUT2D eigenvalue weighted by atomic mass is 16.5. The predicted octanol–water partition coefficient (Wildman–Crippen LogP) is 2.93. The van der Waals surface area contributed by atoms with Gasteiger partial charge in [0.05, 0.1) is 6.61 Å². The number of unbranched alkanes of at least 4 members (excludes halogenated alkanes) is 1. The Morgan fingerprint density at radius 1 is 1.22 bits per heavy atom. The molecule has 2 amide bonds. The first-order chi connectivity index (χ1) is 8.72. The summed E-state index contributed by atoms with van der Waals surface area (Å²) in [6.07, 6.45) is 2.19. The lowest BCUT2D eigenvalue weighted by atomic mass is 10.2. The zero-order chi connectivity index (χ0) is 13.2. The summed E-state index contributed by atoms with van der Waals surface area (Å²) in [5.41, 5.74) is 1.97. The van der Waals surface area contributed by atoms with E-state index in [2.05, 4.69) is 17.6 Å². The first-order valence-electron chi connectivity index (χ1n) is 6.41. The van der Waals surface area contributed by atoms with E-state index in [1.165, 1.54) is 5.56 Å². The van der Waals surface area contributed by atoms with Gasteiger partial charge in [0.25, 0.3) is 0 Å². The molecule has 1 aromatic rings. The quantitative estimate of drug-likeness (QED) is 0.731. The van der Waals surface area contributed by atoms with E-state index in [1.54, 1.807) is 0 Å². The molecule has 4 heteroatoms. The summed E-state index contributed by atoms with van der Waals surface area (Å²) in [5, 5.41) is 5.51. The van der Waals surface area contributed by atoms with Crippen LogP contribution in [-0.4, -0.2) is 25.8 Å². The Morgan fingerprint density at radius 2 is 1.94 bits per heavy atom. The second kappa shape index (κ2) is 8.53. The molecule has 0 unspecified atom stereocenters. The minimum atomic E-state index is -0.196. The van der Waals surface area contributed by atoms with Crippen LogP contribution in [0.3, 0.4) is 0 Å². The number of benzene rings is 1. The number of ether oxygens (including phenoxy) is 1. The highest BCUT2D eigenvalue weighted by Crippen LogP contribution is 2.07. The molecular formula is C14H22N2O2. The van der Waals surface area contributed by atoms with E-state index in [4.69, 9.17) is 4.74 Å². The van der Waals surface area contributed by atoms with Crippen LogP contribution in [0.1, 0.15) is 25.3 Å². The third kappa shape index (κ3) is 6.25. The van der Waals surface area contributed by atoms with Gasteiger partial charge < -0.3 is 15.4 Å². The van der Waals surface area contributed by atoms with Crippen molar-refractivity contribution in [3.05, 3.63) is 29.8 Å². The van der Waals surface area contributed by atoms with Gasteiger partial charge in [-0.15, -0.1) is 0 Å². The number of nitrogens with one attached hydrogen (secondary N) is 2. The van der Waals surface area contributed by atoms with Gasteiger partial charge in [0.2, 0.25) is 0 Å². The molecule has 0 atom stereocenters. The maximum atomic E-state index is 11.5. The molecule has 0 aromatic heterocycles. The van der Waals surface area contributed by atoms with E-state index in [9.17, 15) is 4.79 Å². The summed E-state index contributed by atoms with van der Waals surface area (Å²) >= 11 is 0. The van der Waals surface area contributed by atoms with Gasteiger partial charge in [-0.1, -0.05) is 31.0 Å². The fourth-order valence-corrected chi connectivity index (χ4v) is 1.40.